The fourth-order valence-corrected chi connectivity index (χ4v) is 7.11. The van der Waals surface area contributed by atoms with E-state index in [9.17, 15) is 19.5 Å². The van der Waals surface area contributed by atoms with Crippen LogP contribution in [0.25, 0.3) is 0 Å². The van der Waals surface area contributed by atoms with Crippen LogP contribution in [0.1, 0.15) is 52.9 Å². The number of carboxylic acids is 1. The van der Waals surface area contributed by atoms with Crippen LogP contribution in [-0.2, 0) is 22.4 Å². The summed E-state index contributed by atoms with van der Waals surface area (Å²) < 4.78 is 0. The molecule has 2 bridgehead atoms. The summed E-state index contributed by atoms with van der Waals surface area (Å²) in [5.41, 5.74) is 2.27. The third kappa shape index (κ3) is 3.65. The molecule has 0 saturated heterocycles. The van der Waals surface area contributed by atoms with Gasteiger partial charge in [-0.25, -0.2) is 0 Å². The van der Waals surface area contributed by atoms with Gasteiger partial charge >= 0.3 is 5.97 Å². The van der Waals surface area contributed by atoms with Gasteiger partial charge in [-0.05, 0) is 74.5 Å². The van der Waals surface area contributed by atoms with Crippen LogP contribution in [0.15, 0.2) is 30.3 Å². The molecule has 3 fully saturated rings. The molecule has 4 aliphatic carbocycles. The fourth-order valence-electron chi connectivity index (χ4n) is 5.82. The standard InChI is InChI=1S/C24H26N2O4S/c27-21(18-13-9-11-14(12-10-13)19(18)24(29)30)26-23-20(16-7-4-8-17(16)31-23)22(28)25-15-5-2-1-3-6-15/h1-3,5-6,13-14,18-19H,4,7-12H2,(H,25,28)(H,26,27)(H,29,30)/t13?,14?,18-,19-/m0/s1. The monoisotopic (exact) mass is 438 g/mol. The van der Waals surface area contributed by atoms with E-state index in [1.54, 1.807) is 0 Å². The zero-order chi connectivity index (χ0) is 21.5. The maximum absolute atomic E-state index is 13.3. The smallest absolute Gasteiger partial charge is 0.307 e. The van der Waals surface area contributed by atoms with Crippen LogP contribution in [0.3, 0.4) is 0 Å². The van der Waals surface area contributed by atoms with Gasteiger partial charge in [0.2, 0.25) is 5.91 Å². The first-order valence-electron chi connectivity index (χ1n) is 11.1. The van der Waals surface area contributed by atoms with Crippen LogP contribution >= 0.6 is 11.3 Å². The summed E-state index contributed by atoms with van der Waals surface area (Å²) in [5, 5.41) is 16.3. The molecule has 6 nitrogen and oxygen atoms in total. The highest BCUT2D eigenvalue weighted by Gasteiger charge is 2.50. The lowest BCUT2D eigenvalue weighted by molar-refractivity contribution is -0.156. The lowest BCUT2D eigenvalue weighted by Crippen LogP contribution is -2.49. The fraction of sp³-hybridized carbons (Fsp3) is 0.458. The number of fused-ring (bicyclic) bond motifs is 4. The molecule has 2 amide bonds. The Morgan fingerprint density at radius 2 is 1.58 bits per heavy atom. The van der Waals surface area contributed by atoms with Gasteiger partial charge < -0.3 is 15.7 Å². The van der Waals surface area contributed by atoms with Crippen molar-refractivity contribution < 1.29 is 19.5 Å². The van der Waals surface area contributed by atoms with Gasteiger partial charge in [0.1, 0.15) is 5.00 Å². The number of amides is 2. The molecule has 31 heavy (non-hydrogen) atoms. The maximum Gasteiger partial charge on any atom is 0.307 e. The number of carboxylic acid groups (broad SMARTS) is 1. The molecule has 6 rings (SSSR count). The third-order valence-electron chi connectivity index (χ3n) is 7.22. The van der Waals surface area contributed by atoms with E-state index in [0.717, 1.165) is 55.4 Å². The van der Waals surface area contributed by atoms with Gasteiger partial charge in [-0.3, -0.25) is 14.4 Å². The van der Waals surface area contributed by atoms with E-state index in [1.807, 2.05) is 30.3 Å². The summed E-state index contributed by atoms with van der Waals surface area (Å²) in [4.78, 5) is 39.6. The molecule has 0 aliphatic heterocycles. The Morgan fingerprint density at radius 1 is 0.903 bits per heavy atom. The summed E-state index contributed by atoms with van der Waals surface area (Å²) in [6.07, 6.45) is 6.35. The van der Waals surface area contributed by atoms with Crippen molar-refractivity contribution in [2.75, 3.05) is 10.6 Å². The number of aliphatic carboxylic acids is 1. The Morgan fingerprint density at radius 3 is 2.26 bits per heavy atom. The first kappa shape index (κ1) is 20.2. The molecule has 162 valence electrons. The largest absolute Gasteiger partial charge is 0.481 e. The van der Waals surface area contributed by atoms with Gasteiger partial charge in [-0.1, -0.05) is 18.2 Å². The van der Waals surface area contributed by atoms with Crippen molar-refractivity contribution in [3.05, 3.63) is 46.3 Å². The number of nitrogens with one attached hydrogen (secondary N) is 2. The van der Waals surface area contributed by atoms with Crippen molar-refractivity contribution in [3.63, 3.8) is 0 Å². The lowest BCUT2D eigenvalue weighted by Gasteiger charge is -2.45. The molecule has 7 heteroatoms. The highest BCUT2D eigenvalue weighted by molar-refractivity contribution is 7.17. The number of hydrogen-bond donors (Lipinski definition) is 3. The van der Waals surface area contributed by atoms with Gasteiger partial charge in [0.25, 0.3) is 5.91 Å². The summed E-state index contributed by atoms with van der Waals surface area (Å²) in [5.74, 6) is -2.29. The molecular formula is C24H26N2O4S. The highest BCUT2D eigenvalue weighted by atomic mass is 32.1. The Labute approximate surface area is 185 Å². The molecule has 0 radical (unpaired) electrons. The predicted octanol–water partition coefficient (Wildman–Crippen LogP) is 4.56. The average molecular weight is 439 g/mol. The molecular weight excluding hydrogens is 412 g/mol. The Bertz CT molecular complexity index is 1020. The van der Waals surface area contributed by atoms with Crippen molar-refractivity contribution in [1.82, 2.24) is 0 Å². The van der Waals surface area contributed by atoms with Crippen LogP contribution in [0.4, 0.5) is 10.7 Å². The van der Waals surface area contributed by atoms with Crippen molar-refractivity contribution in [2.24, 2.45) is 23.7 Å². The predicted molar refractivity (Wildman–Crippen MR) is 119 cm³/mol. The topological polar surface area (TPSA) is 95.5 Å². The molecule has 4 aliphatic rings. The third-order valence-corrected chi connectivity index (χ3v) is 8.43. The number of hydrogen-bond acceptors (Lipinski definition) is 4. The van der Waals surface area contributed by atoms with Crippen molar-refractivity contribution in [1.29, 1.82) is 0 Å². The van der Waals surface area contributed by atoms with E-state index >= 15 is 0 Å². The normalized spacial score (nSPS) is 26.3. The Kier molecular flexibility index (Phi) is 5.30. The number of carbonyl (C=O) groups is 3. The number of thiophene rings is 1. The maximum atomic E-state index is 13.3. The Hall–Kier alpha value is -2.67. The zero-order valence-electron chi connectivity index (χ0n) is 17.2. The van der Waals surface area contributed by atoms with Crippen LogP contribution in [-0.4, -0.2) is 22.9 Å². The van der Waals surface area contributed by atoms with Gasteiger partial charge in [-0.15, -0.1) is 11.3 Å². The van der Waals surface area contributed by atoms with Crippen molar-refractivity contribution >= 4 is 39.8 Å². The van der Waals surface area contributed by atoms with E-state index in [2.05, 4.69) is 10.6 Å². The first-order valence-corrected chi connectivity index (χ1v) is 11.9. The number of para-hydroxylation sites is 1. The second-order valence-corrected chi connectivity index (χ2v) is 10.0. The first-order chi connectivity index (χ1) is 15.0. The molecule has 1 heterocycles. The molecule has 0 unspecified atom stereocenters. The summed E-state index contributed by atoms with van der Waals surface area (Å²) in [6, 6.07) is 9.28. The van der Waals surface area contributed by atoms with Crippen LogP contribution in [0.5, 0.6) is 0 Å². The lowest BCUT2D eigenvalue weighted by atomic mass is 9.58. The number of aryl methyl sites for hydroxylation is 1. The van der Waals surface area contributed by atoms with Gasteiger partial charge in [-0.2, -0.15) is 0 Å². The minimum absolute atomic E-state index is 0.0763. The van der Waals surface area contributed by atoms with Gasteiger partial charge in [0.05, 0.1) is 17.4 Å². The minimum Gasteiger partial charge on any atom is -0.481 e. The summed E-state index contributed by atoms with van der Waals surface area (Å²) >= 11 is 1.47. The second kappa shape index (κ2) is 8.11. The van der Waals surface area contributed by atoms with Gasteiger partial charge in [0, 0.05) is 10.6 Å². The summed E-state index contributed by atoms with van der Waals surface area (Å²) in [7, 11) is 0. The van der Waals surface area contributed by atoms with Crippen molar-refractivity contribution in [3.8, 4) is 0 Å². The zero-order valence-corrected chi connectivity index (χ0v) is 18.0. The van der Waals surface area contributed by atoms with E-state index in [4.69, 9.17) is 0 Å². The van der Waals surface area contributed by atoms with E-state index in [-0.39, 0.29) is 23.7 Å². The van der Waals surface area contributed by atoms with Crippen LogP contribution in [0, 0.1) is 23.7 Å². The molecule has 2 atom stereocenters. The van der Waals surface area contributed by atoms with E-state index in [1.165, 1.54) is 11.3 Å². The minimum atomic E-state index is -0.870. The van der Waals surface area contributed by atoms with E-state index < -0.39 is 17.8 Å². The second-order valence-electron chi connectivity index (χ2n) is 8.94. The number of benzene rings is 1. The van der Waals surface area contributed by atoms with Crippen LogP contribution < -0.4 is 10.6 Å². The van der Waals surface area contributed by atoms with Crippen LogP contribution in [0.2, 0.25) is 0 Å². The molecule has 1 aromatic carbocycles. The molecule has 3 N–H and O–H groups in total. The molecule has 3 saturated carbocycles. The molecule has 0 spiro atoms. The highest BCUT2D eigenvalue weighted by Crippen LogP contribution is 2.50. The molecule has 2 aromatic rings. The Balaban J connectivity index is 1.42. The average Bonchev–Trinajstić information content (AvgIpc) is 3.35. The number of rotatable bonds is 5. The summed E-state index contributed by atoms with van der Waals surface area (Å²) in [6.45, 7) is 0. The van der Waals surface area contributed by atoms with E-state index in [0.29, 0.717) is 16.3 Å². The van der Waals surface area contributed by atoms with Crippen molar-refractivity contribution in [2.45, 2.75) is 44.9 Å². The van der Waals surface area contributed by atoms with Gasteiger partial charge in [0.15, 0.2) is 0 Å². The quantitative estimate of drug-likeness (QED) is 0.637. The SMILES string of the molecule is O=C(Nc1ccccc1)c1c(NC(=O)[C@H]2C3CCC(CC3)[C@@H]2C(=O)O)sc2c1CCC2. The number of carbonyl (C=O) groups excluding carboxylic acids is 2. The molecule has 1 aromatic heterocycles. The number of anilines is 2.